The van der Waals surface area contributed by atoms with Crippen molar-refractivity contribution >= 4 is 11.9 Å². The van der Waals surface area contributed by atoms with Crippen LogP contribution in [-0.4, -0.2) is 71.8 Å². The fraction of sp³-hybridized carbons (Fsp3) is 0.391. The monoisotopic (exact) mass is 448 g/mol. The van der Waals surface area contributed by atoms with E-state index < -0.39 is 11.9 Å². The number of methoxy groups -OCH3 is 1. The van der Waals surface area contributed by atoms with Crippen molar-refractivity contribution in [1.29, 1.82) is 0 Å². The van der Waals surface area contributed by atoms with Gasteiger partial charge in [0, 0.05) is 39.3 Å². The summed E-state index contributed by atoms with van der Waals surface area (Å²) in [6.07, 6.45) is 0. The van der Waals surface area contributed by atoms with Crippen molar-refractivity contribution in [2.24, 2.45) is 0 Å². The highest BCUT2D eigenvalue weighted by Crippen LogP contribution is 2.28. The molecule has 0 aliphatic carbocycles. The van der Waals surface area contributed by atoms with Gasteiger partial charge in [-0.1, -0.05) is 18.2 Å². The molecule has 1 aliphatic rings. The third kappa shape index (κ3) is 8.16. The standard InChI is InChI=1S/C21H27FN2O2.C2H2O4/c1-3-26-21-14-18(6-9-20(21)25-2)16-24-12-10-23(11-13-24)15-17-4-7-19(22)8-5-17;3-1(4)2(5)6/h4-9,14H,3,10-13,15-16H2,1-2H3;(H,3,4)(H,5,6). The molecule has 0 aromatic heterocycles. The summed E-state index contributed by atoms with van der Waals surface area (Å²) in [6, 6.07) is 13.0. The molecule has 2 aromatic carbocycles. The van der Waals surface area contributed by atoms with E-state index in [1.165, 1.54) is 17.7 Å². The highest BCUT2D eigenvalue weighted by molar-refractivity contribution is 6.27. The molecule has 9 heteroatoms. The van der Waals surface area contributed by atoms with Gasteiger partial charge in [-0.15, -0.1) is 0 Å². The largest absolute Gasteiger partial charge is 0.493 e. The van der Waals surface area contributed by atoms with Crippen LogP contribution in [0.3, 0.4) is 0 Å². The number of hydrogen-bond acceptors (Lipinski definition) is 6. The predicted molar refractivity (Wildman–Crippen MR) is 116 cm³/mol. The van der Waals surface area contributed by atoms with Gasteiger partial charge in [-0.3, -0.25) is 9.80 Å². The molecule has 0 saturated carbocycles. The molecular weight excluding hydrogens is 419 g/mol. The summed E-state index contributed by atoms with van der Waals surface area (Å²) in [5, 5.41) is 14.8. The molecule has 1 saturated heterocycles. The Morgan fingerprint density at radius 1 is 0.875 bits per heavy atom. The number of carboxylic acid groups (broad SMARTS) is 2. The first kappa shape index (κ1) is 25.1. The second-order valence-electron chi connectivity index (χ2n) is 7.21. The Bertz CT molecular complexity index is 871. The summed E-state index contributed by atoms with van der Waals surface area (Å²) >= 11 is 0. The van der Waals surface area contributed by atoms with Gasteiger partial charge in [-0.05, 0) is 42.3 Å². The number of aliphatic carboxylic acids is 2. The second kappa shape index (κ2) is 12.6. The zero-order chi connectivity index (χ0) is 23.5. The minimum absolute atomic E-state index is 0.176. The summed E-state index contributed by atoms with van der Waals surface area (Å²) in [5.41, 5.74) is 2.40. The minimum Gasteiger partial charge on any atom is -0.493 e. The van der Waals surface area contributed by atoms with Crippen LogP contribution in [0.2, 0.25) is 0 Å². The third-order valence-corrected chi connectivity index (χ3v) is 4.90. The maximum absolute atomic E-state index is 13.0. The van der Waals surface area contributed by atoms with E-state index >= 15 is 0 Å². The maximum atomic E-state index is 13.0. The van der Waals surface area contributed by atoms with Gasteiger partial charge >= 0.3 is 11.9 Å². The van der Waals surface area contributed by atoms with Crippen molar-refractivity contribution in [2.75, 3.05) is 39.9 Å². The zero-order valence-corrected chi connectivity index (χ0v) is 18.3. The number of piperazine rings is 1. The quantitative estimate of drug-likeness (QED) is 0.624. The lowest BCUT2D eigenvalue weighted by molar-refractivity contribution is -0.159. The number of carbonyl (C=O) groups is 2. The van der Waals surface area contributed by atoms with Gasteiger partial charge in [0.2, 0.25) is 0 Å². The fourth-order valence-corrected chi connectivity index (χ4v) is 3.30. The second-order valence-corrected chi connectivity index (χ2v) is 7.21. The van der Waals surface area contributed by atoms with Gasteiger partial charge in [0.25, 0.3) is 0 Å². The summed E-state index contributed by atoms with van der Waals surface area (Å²) in [6.45, 7) is 8.49. The molecule has 0 spiro atoms. The van der Waals surface area contributed by atoms with Crippen LogP contribution in [0.15, 0.2) is 42.5 Å². The van der Waals surface area contributed by atoms with Crippen LogP contribution in [0, 0.1) is 5.82 Å². The van der Waals surface area contributed by atoms with Crippen LogP contribution >= 0.6 is 0 Å². The number of hydrogen-bond donors (Lipinski definition) is 2. The first-order valence-corrected chi connectivity index (χ1v) is 10.3. The Labute approximate surface area is 186 Å². The zero-order valence-electron chi connectivity index (χ0n) is 18.3. The molecule has 8 nitrogen and oxygen atoms in total. The smallest absolute Gasteiger partial charge is 0.414 e. The van der Waals surface area contributed by atoms with E-state index in [0.717, 1.165) is 56.3 Å². The summed E-state index contributed by atoms with van der Waals surface area (Å²) in [7, 11) is 1.66. The lowest BCUT2D eigenvalue weighted by Gasteiger charge is -2.34. The number of halogens is 1. The Balaban J connectivity index is 0.000000534. The van der Waals surface area contributed by atoms with Crippen molar-refractivity contribution in [2.45, 2.75) is 20.0 Å². The molecule has 1 aliphatic heterocycles. The molecule has 2 N–H and O–H groups in total. The van der Waals surface area contributed by atoms with Gasteiger partial charge in [-0.2, -0.15) is 0 Å². The Morgan fingerprint density at radius 2 is 1.38 bits per heavy atom. The molecule has 174 valence electrons. The van der Waals surface area contributed by atoms with Crippen molar-refractivity contribution in [3.8, 4) is 11.5 Å². The van der Waals surface area contributed by atoms with Gasteiger partial charge in [0.05, 0.1) is 13.7 Å². The van der Waals surface area contributed by atoms with Crippen molar-refractivity contribution < 1.29 is 33.7 Å². The molecule has 2 aromatic rings. The molecule has 1 heterocycles. The average Bonchev–Trinajstić information content (AvgIpc) is 2.77. The van der Waals surface area contributed by atoms with Crippen molar-refractivity contribution in [3.05, 3.63) is 59.4 Å². The van der Waals surface area contributed by atoms with Crippen molar-refractivity contribution in [1.82, 2.24) is 9.80 Å². The number of carboxylic acids is 2. The van der Waals surface area contributed by atoms with Crippen LogP contribution in [0.1, 0.15) is 18.1 Å². The maximum Gasteiger partial charge on any atom is 0.414 e. The molecule has 0 unspecified atom stereocenters. The summed E-state index contributed by atoms with van der Waals surface area (Å²) in [4.78, 5) is 23.1. The predicted octanol–water partition coefficient (Wildman–Crippen LogP) is 2.71. The van der Waals surface area contributed by atoms with Crippen LogP contribution in [0.4, 0.5) is 4.39 Å². The third-order valence-electron chi connectivity index (χ3n) is 4.90. The Morgan fingerprint density at radius 3 is 1.84 bits per heavy atom. The normalized spacial score (nSPS) is 14.2. The van der Waals surface area contributed by atoms with E-state index in [0.29, 0.717) is 6.61 Å². The van der Waals surface area contributed by atoms with Crippen molar-refractivity contribution in [3.63, 3.8) is 0 Å². The van der Waals surface area contributed by atoms with Crippen LogP contribution in [0.25, 0.3) is 0 Å². The molecule has 0 bridgehead atoms. The molecule has 32 heavy (non-hydrogen) atoms. The number of ether oxygens (including phenoxy) is 2. The van der Waals surface area contributed by atoms with E-state index in [-0.39, 0.29) is 5.82 Å². The SMILES string of the molecule is CCOc1cc(CN2CCN(Cc3ccc(F)cc3)CC2)ccc1OC.O=C(O)C(=O)O. The van der Waals surface area contributed by atoms with Gasteiger partial charge in [-0.25, -0.2) is 14.0 Å². The average molecular weight is 448 g/mol. The molecule has 1 fully saturated rings. The lowest BCUT2D eigenvalue weighted by Crippen LogP contribution is -2.45. The summed E-state index contributed by atoms with van der Waals surface area (Å²) in [5.74, 6) is -2.24. The molecule has 0 amide bonds. The molecule has 3 rings (SSSR count). The van der Waals surface area contributed by atoms with Crippen LogP contribution in [0.5, 0.6) is 11.5 Å². The molecule has 0 atom stereocenters. The van der Waals surface area contributed by atoms with E-state index in [9.17, 15) is 4.39 Å². The van der Waals surface area contributed by atoms with E-state index in [1.807, 2.05) is 25.1 Å². The molecule has 0 radical (unpaired) electrons. The number of benzene rings is 2. The minimum atomic E-state index is -1.82. The highest BCUT2D eigenvalue weighted by Gasteiger charge is 2.18. The number of rotatable bonds is 7. The van der Waals surface area contributed by atoms with E-state index in [2.05, 4.69) is 21.9 Å². The number of nitrogens with zero attached hydrogens (tertiary/aromatic N) is 2. The highest BCUT2D eigenvalue weighted by atomic mass is 19.1. The van der Waals surface area contributed by atoms with Gasteiger partial charge in [0.1, 0.15) is 5.82 Å². The van der Waals surface area contributed by atoms with E-state index in [1.54, 1.807) is 7.11 Å². The summed E-state index contributed by atoms with van der Waals surface area (Å²) < 4.78 is 24.0. The van der Waals surface area contributed by atoms with E-state index in [4.69, 9.17) is 29.3 Å². The van der Waals surface area contributed by atoms with Crippen LogP contribution in [-0.2, 0) is 22.7 Å². The Kier molecular flexibility index (Phi) is 9.90. The molecular formula is C23H29FN2O6. The first-order valence-electron chi connectivity index (χ1n) is 10.3. The Hall–Kier alpha value is -3.17. The lowest BCUT2D eigenvalue weighted by atomic mass is 10.1. The van der Waals surface area contributed by atoms with Gasteiger partial charge < -0.3 is 19.7 Å². The van der Waals surface area contributed by atoms with Gasteiger partial charge in [0.15, 0.2) is 11.5 Å². The van der Waals surface area contributed by atoms with Crippen LogP contribution < -0.4 is 9.47 Å². The first-order chi connectivity index (χ1) is 15.3. The fourth-order valence-electron chi connectivity index (χ4n) is 3.30. The topological polar surface area (TPSA) is 99.5 Å².